The van der Waals surface area contributed by atoms with Gasteiger partial charge in [-0.1, -0.05) is 0 Å². The lowest BCUT2D eigenvalue weighted by atomic mass is 10.2. The Hall–Kier alpha value is -2.08. The number of carboxylic acid groups (broad SMARTS) is 1. The molecule has 0 aromatic carbocycles. The van der Waals surface area contributed by atoms with Gasteiger partial charge in [0, 0.05) is 25.0 Å². The molecule has 2 aromatic rings. The third-order valence-corrected chi connectivity index (χ3v) is 2.92. The van der Waals surface area contributed by atoms with Crippen molar-refractivity contribution in [1.82, 2.24) is 14.5 Å². The van der Waals surface area contributed by atoms with Crippen molar-refractivity contribution < 1.29 is 14.3 Å². The summed E-state index contributed by atoms with van der Waals surface area (Å²) in [5, 5.41) is 8.94. The number of rotatable bonds is 5. The van der Waals surface area contributed by atoms with Gasteiger partial charge in [0.15, 0.2) is 0 Å². The fraction of sp³-hybridized carbons (Fsp3) is 0.385. The van der Waals surface area contributed by atoms with E-state index < -0.39 is 5.97 Å². The Morgan fingerprint density at radius 1 is 1.53 bits per heavy atom. The van der Waals surface area contributed by atoms with Gasteiger partial charge in [0.1, 0.15) is 11.6 Å². The van der Waals surface area contributed by atoms with Crippen molar-refractivity contribution in [1.29, 1.82) is 0 Å². The fourth-order valence-electron chi connectivity index (χ4n) is 1.95. The third-order valence-electron chi connectivity index (χ3n) is 2.92. The van der Waals surface area contributed by atoms with Crippen molar-refractivity contribution in [2.24, 2.45) is 7.05 Å². The molecule has 0 aliphatic heterocycles. The van der Waals surface area contributed by atoms with Gasteiger partial charge in [0.2, 0.25) is 5.76 Å². The second-order valence-corrected chi connectivity index (χ2v) is 4.66. The summed E-state index contributed by atoms with van der Waals surface area (Å²) in [5.41, 5.74) is 0.646. The van der Waals surface area contributed by atoms with Crippen LogP contribution >= 0.6 is 0 Å². The molecule has 2 aromatic heterocycles. The molecule has 0 saturated heterocycles. The highest BCUT2D eigenvalue weighted by Gasteiger charge is 2.15. The first kappa shape index (κ1) is 13.4. The molecule has 0 radical (unpaired) electrons. The molecular formula is C13H17N3O3. The highest BCUT2D eigenvalue weighted by atomic mass is 16.4. The summed E-state index contributed by atoms with van der Waals surface area (Å²) in [6.45, 7) is 2.95. The number of hydrogen-bond acceptors (Lipinski definition) is 4. The summed E-state index contributed by atoms with van der Waals surface area (Å²) in [4.78, 5) is 17.2. The second-order valence-electron chi connectivity index (χ2n) is 4.66. The van der Waals surface area contributed by atoms with E-state index in [1.165, 1.54) is 0 Å². The highest BCUT2D eigenvalue weighted by molar-refractivity contribution is 5.86. The number of carboxylic acids is 1. The van der Waals surface area contributed by atoms with Crippen LogP contribution < -0.4 is 0 Å². The van der Waals surface area contributed by atoms with Crippen molar-refractivity contribution in [3.05, 3.63) is 41.4 Å². The van der Waals surface area contributed by atoms with E-state index >= 15 is 0 Å². The average Bonchev–Trinajstić information content (AvgIpc) is 2.86. The van der Waals surface area contributed by atoms with Gasteiger partial charge in [-0.2, -0.15) is 0 Å². The molecule has 0 fully saturated rings. The number of nitrogens with zero attached hydrogens (tertiary/aromatic N) is 3. The van der Waals surface area contributed by atoms with Gasteiger partial charge in [-0.25, -0.2) is 9.78 Å². The molecule has 0 amide bonds. The van der Waals surface area contributed by atoms with Crippen LogP contribution in [0.1, 0.15) is 27.7 Å². The van der Waals surface area contributed by atoms with Gasteiger partial charge in [0.05, 0.1) is 13.1 Å². The number of aromatic nitrogens is 2. The highest BCUT2D eigenvalue weighted by Crippen LogP contribution is 2.16. The van der Waals surface area contributed by atoms with Crippen LogP contribution in [0.5, 0.6) is 0 Å². The van der Waals surface area contributed by atoms with Gasteiger partial charge >= 0.3 is 5.97 Å². The lowest BCUT2D eigenvalue weighted by molar-refractivity contribution is 0.0657. The second kappa shape index (κ2) is 5.27. The lowest BCUT2D eigenvalue weighted by Crippen LogP contribution is -2.19. The third kappa shape index (κ3) is 3.03. The molecule has 0 aliphatic rings. The van der Waals surface area contributed by atoms with Crippen LogP contribution in [0.2, 0.25) is 0 Å². The molecule has 0 unspecified atom stereocenters. The molecule has 19 heavy (non-hydrogen) atoms. The molecule has 2 rings (SSSR count). The first-order valence-corrected chi connectivity index (χ1v) is 5.94. The monoisotopic (exact) mass is 263 g/mol. The van der Waals surface area contributed by atoms with Crippen molar-refractivity contribution in [2.75, 3.05) is 7.05 Å². The molecule has 0 atom stereocenters. The van der Waals surface area contributed by atoms with Crippen molar-refractivity contribution in [3.8, 4) is 0 Å². The predicted molar refractivity (Wildman–Crippen MR) is 68.8 cm³/mol. The quantitative estimate of drug-likeness (QED) is 0.888. The lowest BCUT2D eigenvalue weighted by Gasteiger charge is -2.14. The van der Waals surface area contributed by atoms with Crippen molar-refractivity contribution in [2.45, 2.75) is 20.0 Å². The number of imidazole rings is 1. The topological polar surface area (TPSA) is 71.5 Å². The number of furan rings is 1. The maximum Gasteiger partial charge on any atom is 0.372 e. The largest absolute Gasteiger partial charge is 0.475 e. The summed E-state index contributed by atoms with van der Waals surface area (Å²) < 4.78 is 7.28. The zero-order chi connectivity index (χ0) is 14.0. The molecule has 2 heterocycles. The first-order valence-electron chi connectivity index (χ1n) is 5.94. The van der Waals surface area contributed by atoms with Gasteiger partial charge in [0.25, 0.3) is 0 Å². The summed E-state index contributed by atoms with van der Waals surface area (Å²) in [7, 11) is 3.88. The maximum absolute atomic E-state index is 10.9. The molecule has 102 valence electrons. The molecular weight excluding hydrogens is 246 g/mol. The maximum atomic E-state index is 10.9. The Labute approximate surface area is 111 Å². The predicted octanol–water partition coefficient (Wildman–Crippen LogP) is 1.65. The van der Waals surface area contributed by atoms with Crippen molar-refractivity contribution in [3.63, 3.8) is 0 Å². The van der Waals surface area contributed by atoms with Crippen LogP contribution in [0.25, 0.3) is 0 Å². The van der Waals surface area contributed by atoms with Crippen LogP contribution in [0.3, 0.4) is 0 Å². The van der Waals surface area contributed by atoms with E-state index in [-0.39, 0.29) is 5.76 Å². The van der Waals surface area contributed by atoms with Crippen LogP contribution in [0.4, 0.5) is 0 Å². The zero-order valence-electron chi connectivity index (χ0n) is 11.3. The smallest absolute Gasteiger partial charge is 0.372 e. The molecule has 0 saturated carbocycles. The van der Waals surface area contributed by atoms with Gasteiger partial charge in [-0.15, -0.1) is 0 Å². The van der Waals surface area contributed by atoms with Crippen molar-refractivity contribution >= 4 is 5.97 Å². The minimum Gasteiger partial charge on any atom is -0.475 e. The normalized spacial score (nSPS) is 11.2. The zero-order valence-corrected chi connectivity index (χ0v) is 11.3. The number of aryl methyl sites for hydroxylation is 2. The molecule has 0 aliphatic carbocycles. The summed E-state index contributed by atoms with van der Waals surface area (Å²) in [5.74, 6) is 0.576. The Kier molecular flexibility index (Phi) is 3.71. The van der Waals surface area contributed by atoms with Gasteiger partial charge < -0.3 is 14.1 Å². The molecule has 6 heteroatoms. The van der Waals surface area contributed by atoms with Gasteiger partial charge in [-0.3, -0.25) is 4.90 Å². The SMILES string of the molecule is Cc1cc(CN(C)Cc2nccn2C)oc1C(=O)O. The minimum atomic E-state index is -1.03. The number of aromatic carboxylic acids is 1. The van der Waals surface area contributed by atoms with E-state index in [0.717, 1.165) is 5.82 Å². The van der Waals surface area contributed by atoms with E-state index in [4.69, 9.17) is 9.52 Å². The molecule has 0 bridgehead atoms. The average molecular weight is 263 g/mol. The summed E-state index contributed by atoms with van der Waals surface area (Å²) in [6.07, 6.45) is 3.64. The van der Waals surface area contributed by atoms with Gasteiger partial charge in [-0.05, 0) is 20.0 Å². The van der Waals surface area contributed by atoms with Crippen LogP contribution in [0.15, 0.2) is 22.9 Å². The van der Waals surface area contributed by atoms with E-state index in [2.05, 4.69) is 4.98 Å². The Bertz CT molecular complexity index is 586. The summed E-state index contributed by atoms with van der Waals surface area (Å²) >= 11 is 0. The number of hydrogen-bond donors (Lipinski definition) is 1. The molecule has 0 spiro atoms. The molecule has 1 N–H and O–H groups in total. The van der Waals surface area contributed by atoms with Crippen LogP contribution in [-0.4, -0.2) is 32.6 Å². The summed E-state index contributed by atoms with van der Waals surface area (Å²) in [6, 6.07) is 1.76. The Balaban J connectivity index is 2.03. The van der Waals surface area contributed by atoms with Crippen LogP contribution in [0, 0.1) is 6.92 Å². The minimum absolute atomic E-state index is 0.0143. The van der Waals surface area contributed by atoms with E-state index in [9.17, 15) is 4.79 Å². The van der Waals surface area contributed by atoms with Crippen LogP contribution in [-0.2, 0) is 20.1 Å². The Morgan fingerprint density at radius 2 is 2.26 bits per heavy atom. The molecule has 6 nitrogen and oxygen atoms in total. The fourth-order valence-corrected chi connectivity index (χ4v) is 1.95. The number of carbonyl (C=O) groups is 1. The van der Waals surface area contributed by atoms with E-state index in [1.54, 1.807) is 19.2 Å². The Morgan fingerprint density at radius 3 is 2.79 bits per heavy atom. The first-order chi connectivity index (χ1) is 8.97. The van der Waals surface area contributed by atoms with E-state index in [0.29, 0.717) is 24.4 Å². The standard InChI is InChI=1S/C13H17N3O3/c1-9-6-10(19-12(9)13(17)18)7-15(2)8-11-14-4-5-16(11)3/h4-6H,7-8H2,1-3H3,(H,17,18). The van der Waals surface area contributed by atoms with E-state index in [1.807, 2.05) is 29.8 Å².